The summed E-state index contributed by atoms with van der Waals surface area (Å²) in [5.74, 6) is 0. The van der Waals surface area contributed by atoms with Gasteiger partial charge in [-0.3, -0.25) is 0 Å². The Bertz CT molecular complexity index is 547. The number of benzene rings is 2. The molecule has 0 aromatic heterocycles. The third kappa shape index (κ3) is 3.17. The fourth-order valence-corrected chi connectivity index (χ4v) is 2.50. The molecular formula is C17H20ClN. The second-order valence-corrected chi connectivity index (χ2v) is 5.81. The van der Waals surface area contributed by atoms with Crippen LogP contribution in [0.1, 0.15) is 23.6 Å². The summed E-state index contributed by atoms with van der Waals surface area (Å²) in [6.45, 7) is 4.97. The molecule has 0 fully saturated rings. The molecular weight excluding hydrogens is 254 g/mol. The topological polar surface area (TPSA) is 26.0 Å². The first-order valence-corrected chi connectivity index (χ1v) is 6.93. The number of nitrogens with two attached hydrogens (primary N) is 1. The van der Waals surface area contributed by atoms with E-state index in [1.807, 2.05) is 12.1 Å². The van der Waals surface area contributed by atoms with Gasteiger partial charge in [-0.1, -0.05) is 54.9 Å². The Hall–Kier alpha value is -1.31. The highest BCUT2D eigenvalue weighted by Gasteiger charge is 2.25. The van der Waals surface area contributed by atoms with E-state index in [1.165, 1.54) is 16.7 Å². The van der Waals surface area contributed by atoms with Gasteiger partial charge in [0.1, 0.15) is 0 Å². The largest absolute Gasteiger partial charge is 0.330 e. The molecule has 0 heterocycles. The SMILES string of the molecule is Cc1ccccc1CC(C)(CN)c1ccc(Cl)cc1. The van der Waals surface area contributed by atoms with Crippen LogP contribution in [0.3, 0.4) is 0 Å². The van der Waals surface area contributed by atoms with Crippen molar-refractivity contribution in [3.8, 4) is 0 Å². The predicted octanol–water partition coefficient (Wildman–Crippen LogP) is 4.11. The van der Waals surface area contributed by atoms with Crippen LogP contribution in [0.4, 0.5) is 0 Å². The standard InChI is InChI=1S/C17H20ClN/c1-13-5-3-4-6-14(13)11-17(2,12-19)15-7-9-16(18)10-8-15/h3-10H,11-12,19H2,1-2H3. The molecule has 0 amide bonds. The van der Waals surface area contributed by atoms with Gasteiger partial charge in [-0.15, -0.1) is 0 Å². The highest BCUT2D eigenvalue weighted by Crippen LogP contribution is 2.29. The minimum atomic E-state index is -0.0588. The van der Waals surface area contributed by atoms with Crippen molar-refractivity contribution in [1.29, 1.82) is 0 Å². The number of hydrogen-bond donors (Lipinski definition) is 1. The maximum absolute atomic E-state index is 6.04. The molecule has 0 bridgehead atoms. The van der Waals surface area contributed by atoms with Gasteiger partial charge in [0.15, 0.2) is 0 Å². The smallest absolute Gasteiger partial charge is 0.0406 e. The Kier molecular flexibility index (Phi) is 4.28. The van der Waals surface area contributed by atoms with E-state index >= 15 is 0 Å². The molecule has 1 nitrogen and oxygen atoms in total. The van der Waals surface area contributed by atoms with Crippen LogP contribution in [0.25, 0.3) is 0 Å². The summed E-state index contributed by atoms with van der Waals surface area (Å²) in [6, 6.07) is 16.5. The predicted molar refractivity (Wildman–Crippen MR) is 82.7 cm³/mol. The van der Waals surface area contributed by atoms with Gasteiger partial charge < -0.3 is 5.73 Å². The molecule has 2 aromatic carbocycles. The van der Waals surface area contributed by atoms with Crippen molar-refractivity contribution in [2.24, 2.45) is 5.73 Å². The van der Waals surface area contributed by atoms with Crippen LogP contribution in [0.15, 0.2) is 48.5 Å². The van der Waals surface area contributed by atoms with Crippen LogP contribution in [0.2, 0.25) is 5.02 Å². The van der Waals surface area contributed by atoms with Crippen LogP contribution in [-0.2, 0) is 11.8 Å². The first-order chi connectivity index (χ1) is 9.05. The van der Waals surface area contributed by atoms with Crippen molar-refractivity contribution in [3.05, 3.63) is 70.2 Å². The van der Waals surface area contributed by atoms with Gasteiger partial charge in [0, 0.05) is 17.0 Å². The monoisotopic (exact) mass is 273 g/mol. The highest BCUT2D eigenvalue weighted by molar-refractivity contribution is 6.30. The van der Waals surface area contributed by atoms with Crippen LogP contribution in [-0.4, -0.2) is 6.54 Å². The second-order valence-electron chi connectivity index (χ2n) is 5.37. The third-order valence-electron chi connectivity index (χ3n) is 3.83. The van der Waals surface area contributed by atoms with Crippen LogP contribution >= 0.6 is 11.6 Å². The Morgan fingerprint density at radius 3 is 2.26 bits per heavy atom. The van der Waals surface area contributed by atoms with E-state index in [0.29, 0.717) is 6.54 Å². The van der Waals surface area contributed by atoms with Gasteiger partial charge in [0.05, 0.1) is 0 Å². The van der Waals surface area contributed by atoms with Crippen molar-refractivity contribution >= 4 is 11.6 Å². The first kappa shape index (κ1) is 14.1. The summed E-state index contributed by atoms with van der Waals surface area (Å²) in [5, 5.41) is 0.763. The minimum Gasteiger partial charge on any atom is -0.330 e. The summed E-state index contributed by atoms with van der Waals surface area (Å²) in [5.41, 5.74) is 9.89. The van der Waals surface area contributed by atoms with Gasteiger partial charge >= 0.3 is 0 Å². The molecule has 0 aliphatic carbocycles. The molecule has 0 aliphatic heterocycles. The lowest BCUT2D eigenvalue weighted by atomic mass is 9.76. The molecule has 2 N–H and O–H groups in total. The third-order valence-corrected chi connectivity index (χ3v) is 4.09. The van der Waals surface area contributed by atoms with Crippen molar-refractivity contribution in [2.45, 2.75) is 25.7 Å². The van der Waals surface area contributed by atoms with Crippen molar-refractivity contribution in [2.75, 3.05) is 6.54 Å². The highest BCUT2D eigenvalue weighted by atomic mass is 35.5. The molecule has 100 valence electrons. The molecule has 1 atom stereocenters. The van der Waals surface area contributed by atoms with Crippen LogP contribution < -0.4 is 5.73 Å². The molecule has 1 unspecified atom stereocenters. The molecule has 2 aromatic rings. The lowest BCUT2D eigenvalue weighted by molar-refractivity contribution is 0.480. The maximum atomic E-state index is 6.04. The fourth-order valence-electron chi connectivity index (χ4n) is 2.37. The van der Waals surface area contributed by atoms with Gasteiger partial charge in [-0.25, -0.2) is 0 Å². The zero-order valence-electron chi connectivity index (χ0n) is 11.5. The number of hydrogen-bond acceptors (Lipinski definition) is 1. The summed E-state index contributed by atoms with van der Waals surface area (Å²) < 4.78 is 0. The van der Waals surface area contributed by atoms with E-state index in [-0.39, 0.29) is 5.41 Å². The van der Waals surface area contributed by atoms with Gasteiger partial charge in [-0.2, -0.15) is 0 Å². The number of aryl methyl sites for hydroxylation is 1. The van der Waals surface area contributed by atoms with Gasteiger partial charge in [0.2, 0.25) is 0 Å². The van der Waals surface area contributed by atoms with E-state index in [9.17, 15) is 0 Å². The second kappa shape index (κ2) is 5.77. The lowest BCUT2D eigenvalue weighted by Crippen LogP contribution is -2.34. The molecule has 0 spiro atoms. The summed E-state index contributed by atoms with van der Waals surface area (Å²) in [7, 11) is 0. The Labute approximate surface area is 120 Å². The summed E-state index contributed by atoms with van der Waals surface area (Å²) in [6.07, 6.45) is 0.942. The van der Waals surface area contributed by atoms with Crippen molar-refractivity contribution < 1.29 is 0 Å². The Morgan fingerprint density at radius 1 is 1.05 bits per heavy atom. The molecule has 0 saturated carbocycles. The zero-order valence-corrected chi connectivity index (χ0v) is 12.2. The Balaban J connectivity index is 2.33. The van der Waals surface area contributed by atoms with Crippen LogP contribution in [0, 0.1) is 6.92 Å². The van der Waals surface area contributed by atoms with E-state index in [0.717, 1.165) is 11.4 Å². The molecule has 19 heavy (non-hydrogen) atoms. The molecule has 0 aliphatic rings. The van der Waals surface area contributed by atoms with Gasteiger partial charge in [0.25, 0.3) is 0 Å². The molecule has 0 radical (unpaired) electrons. The lowest BCUT2D eigenvalue weighted by Gasteiger charge is -2.29. The average molecular weight is 274 g/mol. The molecule has 2 rings (SSSR count). The quantitative estimate of drug-likeness (QED) is 0.891. The Morgan fingerprint density at radius 2 is 1.68 bits per heavy atom. The van der Waals surface area contributed by atoms with Gasteiger partial charge in [-0.05, 0) is 42.2 Å². The van der Waals surface area contributed by atoms with E-state index in [2.05, 4.69) is 50.2 Å². The fraction of sp³-hybridized carbons (Fsp3) is 0.294. The molecule has 0 saturated heterocycles. The van der Waals surface area contributed by atoms with Crippen LogP contribution in [0.5, 0.6) is 0 Å². The van der Waals surface area contributed by atoms with Crippen molar-refractivity contribution in [1.82, 2.24) is 0 Å². The van der Waals surface area contributed by atoms with E-state index in [4.69, 9.17) is 17.3 Å². The van der Waals surface area contributed by atoms with E-state index in [1.54, 1.807) is 0 Å². The average Bonchev–Trinajstić information content (AvgIpc) is 2.42. The first-order valence-electron chi connectivity index (χ1n) is 6.56. The zero-order chi connectivity index (χ0) is 13.9. The van der Waals surface area contributed by atoms with E-state index < -0.39 is 0 Å². The minimum absolute atomic E-state index is 0.0588. The number of halogens is 1. The number of rotatable bonds is 4. The van der Waals surface area contributed by atoms with Crippen molar-refractivity contribution in [3.63, 3.8) is 0 Å². The normalized spacial score (nSPS) is 14.1. The molecule has 2 heteroatoms. The summed E-state index contributed by atoms with van der Waals surface area (Å²) >= 11 is 5.96. The maximum Gasteiger partial charge on any atom is 0.0406 e. The summed E-state index contributed by atoms with van der Waals surface area (Å²) in [4.78, 5) is 0.